The standard InChI is InChI=1S/C12H14O2/c1-2-3-9-4-5-10-11(13)6-7-14-12(10)8-9/h4-5,8H,2-3,6-7H2,1H3. The van der Waals surface area contributed by atoms with E-state index in [1.165, 1.54) is 5.56 Å². The van der Waals surface area contributed by atoms with Gasteiger partial charge in [-0.3, -0.25) is 4.79 Å². The van der Waals surface area contributed by atoms with E-state index in [0.717, 1.165) is 24.2 Å². The van der Waals surface area contributed by atoms with Gasteiger partial charge < -0.3 is 4.74 Å². The van der Waals surface area contributed by atoms with Crippen LogP contribution in [0.3, 0.4) is 0 Å². The summed E-state index contributed by atoms with van der Waals surface area (Å²) in [5.41, 5.74) is 2.00. The first-order chi connectivity index (χ1) is 6.81. The maximum absolute atomic E-state index is 11.5. The first-order valence-electron chi connectivity index (χ1n) is 5.10. The van der Waals surface area contributed by atoms with Crippen molar-refractivity contribution < 1.29 is 9.53 Å². The van der Waals surface area contributed by atoms with Gasteiger partial charge >= 0.3 is 0 Å². The first-order valence-corrected chi connectivity index (χ1v) is 5.10. The van der Waals surface area contributed by atoms with E-state index < -0.39 is 0 Å². The molecule has 0 atom stereocenters. The van der Waals surface area contributed by atoms with Crippen molar-refractivity contribution in [1.82, 2.24) is 0 Å². The van der Waals surface area contributed by atoms with Gasteiger partial charge in [0.25, 0.3) is 0 Å². The zero-order valence-electron chi connectivity index (χ0n) is 8.38. The second-order valence-electron chi connectivity index (χ2n) is 3.60. The summed E-state index contributed by atoms with van der Waals surface area (Å²) < 4.78 is 5.46. The molecule has 1 heterocycles. The van der Waals surface area contributed by atoms with Gasteiger partial charge in [0.1, 0.15) is 5.75 Å². The summed E-state index contributed by atoms with van der Waals surface area (Å²) in [6.07, 6.45) is 2.68. The first kappa shape index (κ1) is 9.25. The molecule has 0 bridgehead atoms. The number of carbonyl (C=O) groups is 1. The van der Waals surface area contributed by atoms with Crippen LogP contribution in [0.15, 0.2) is 18.2 Å². The third-order valence-corrected chi connectivity index (χ3v) is 2.47. The number of hydrogen-bond acceptors (Lipinski definition) is 2. The van der Waals surface area contributed by atoms with Crippen LogP contribution in [0, 0.1) is 0 Å². The Morgan fingerprint density at radius 1 is 1.43 bits per heavy atom. The maximum Gasteiger partial charge on any atom is 0.169 e. The molecule has 0 aliphatic carbocycles. The average Bonchev–Trinajstić information content (AvgIpc) is 2.18. The number of rotatable bonds is 2. The summed E-state index contributed by atoms with van der Waals surface area (Å²) in [6.45, 7) is 2.67. The Labute approximate surface area is 83.9 Å². The van der Waals surface area contributed by atoms with Gasteiger partial charge in [-0.05, 0) is 24.1 Å². The van der Waals surface area contributed by atoms with E-state index in [0.29, 0.717) is 13.0 Å². The van der Waals surface area contributed by atoms with Crippen molar-refractivity contribution in [2.75, 3.05) is 6.61 Å². The molecule has 0 radical (unpaired) electrons. The third kappa shape index (κ3) is 1.65. The van der Waals surface area contributed by atoms with Gasteiger partial charge in [0, 0.05) is 6.42 Å². The molecule has 74 valence electrons. The zero-order chi connectivity index (χ0) is 9.97. The highest BCUT2D eigenvalue weighted by Crippen LogP contribution is 2.26. The Hall–Kier alpha value is -1.31. The van der Waals surface area contributed by atoms with E-state index in [4.69, 9.17) is 4.74 Å². The van der Waals surface area contributed by atoms with E-state index in [-0.39, 0.29) is 5.78 Å². The smallest absolute Gasteiger partial charge is 0.169 e. The molecular formula is C12H14O2. The highest BCUT2D eigenvalue weighted by molar-refractivity contribution is 5.99. The highest BCUT2D eigenvalue weighted by atomic mass is 16.5. The van der Waals surface area contributed by atoms with E-state index in [9.17, 15) is 4.79 Å². The molecule has 0 N–H and O–H groups in total. The number of benzene rings is 1. The normalized spacial score (nSPS) is 14.8. The van der Waals surface area contributed by atoms with Gasteiger partial charge in [0.15, 0.2) is 5.78 Å². The predicted molar refractivity (Wildman–Crippen MR) is 54.9 cm³/mol. The van der Waals surface area contributed by atoms with Gasteiger partial charge in [0.2, 0.25) is 0 Å². The molecule has 0 unspecified atom stereocenters. The second kappa shape index (κ2) is 3.82. The van der Waals surface area contributed by atoms with E-state index >= 15 is 0 Å². The van der Waals surface area contributed by atoms with Crippen LogP contribution >= 0.6 is 0 Å². The van der Waals surface area contributed by atoms with Crippen molar-refractivity contribution in [3.63, 3.8) is 0 Å². The minimum atomic E-state index is 0.203. The molecular weight excluding hydrogens is 176 g/mol. The molecule has 1 aliphatic rings. The summed E-state index contributed by atoms with van der Waals surface area (Å²) in [6, 6.07) is 5.91. The van der Waals surface area contributed by atoms with Crippen molar-refractivity contribution in [1.29, 1.82) is 0 Å². The van der Waals surface area contributed by atoms with Crippen LogP contribution in [0.5, 0.6) is 5.75 Å². The Bertz CT molecular complexity index is 355. The van der Waals surface area contributed by atoms with Crippen LogP contribution in [-0.4, -0.2) is 12.4 Å². The summed E-state index contributed by atoms with van der Waals surface area (Å²) in [5.74, 6) is 0.974. The Kier molecular flexibility index (Phi) is 2.53. The minimum absolute atomic E-state index is 0.203. The molecule has 1 aliphatic heterocycles. The fourth-order valence-corrected chi connectivity index (χ4v) is 1.75. The number of ketones is 1. The summed E-state index contributed by atoms with van der Waals surface area (Å²) in [7, 11) is 0. The molecule has 2 heteroatoms. The minimum Gasteiger partial charge on any atom is -0.492 e. The molecule has 0 saturated carbocycles. The Balaban J connectivity index is 2.34. The molecule has 0 amide bonds. The maximum atomic E-state index is 11.5. The molecule has 2 nitrogen and oxygen atoms in total. The number of fused-ring (bicyclic) bond motifs is 1. The third-order valence-electron chi connectivity index (χ3n) is 2.47. The number of aryl methyl sites for hydroxylation is 1. The topological polar surface area (TPSA) is 26.3 Å². The fraction of sp³-hybridized carbons (Fsp3) is 0.417. The number of hydrogen-bond donors (Lipinski definition) is 0. The van der Waals surface area contributed by atoms with E-state index in [1.807, 2.05) is 18.2 Å². The molecule has 0 spiro atoms. The van der Waals surface area contributed by atoms with Crippen molar-refractivity contribution in [3.8, 4) is 5.75 Å². The lowest BCUT2D eigenvalue weighted by Crippen LogP contribution is -2.15. The van der Waals surface area contributed by atoms with Gasteiger partial charge in [0.05, 0.1) is 12.2 Å². The van der Waals surface area contributed by atoms with Crippen LogP contribution in [-0.2, 0) is 6.42 Å². The molecule has 14 heavy (non-hydrogen) atoms. The van der Waals surface area contributed by atoms with Crippen molar-refractivity contribution in [2.24, 2.45) is 0 Å². The van der Waals surface area contributed by atoms with Crippen LogP contribution < -0.4 is 4.74 Å². The number of carbonyl (C=O) groups excluding carboxylic acids is 1. The van der Waals surface area contributed by atoms with Crippen LogP contribution in [0.25, 0.3) is 0 Å². The zero-order valence-corrected chi connectivity index (χ0v) is 8.38. The SMILES string of the molecule is CCCc1ccc2c(c1)OCCC2=O. The Morgan fingerprint density at radius 3 is 3.07 bits per heavy atom. The van der Waals surface area contributed by atoms with Gasteiger partial charge in [-0.1, -0.05) is 19.4 Å². The van der Waals surface area contributed by atoms with Crippen molar-refractivity contribution in [2.45, 2.75) is 26.2 Å². The van der Waals surface area contributed by atoms with Crippen molar-refractivity contribution in [3.05, 3.63) is 29.3 Å². The molecule has 2 rings (SSSR count). The quantitative estimate of drug-likeness (QED) is 0.716. The summed E-state index contributed by atoms with van der Waals surface area (Å²) >= 11 is 0. The molecule has 0 saturated heterocycles. The molecule has 0 aromatic heterocycles. The van der Waals surface area contributed by atoms with E-state index in [1.54, 1.807) is 0 Å². The fourth-order valence-electron chi connectivity index (χ4n) is 1.75. The van der Waals surface area contributed by atoms with Crippen LogP contribution in [0.4, 0.5) is 0 Å². The number of Topliss-reactive ketones (excluding diaryl/α,β-unsaturated/α-hetero) is 1. The second-order valence-corrected chi connectivity index (χ2v) is 3.60. The lowest BCUT2D eigenvalue weighted by atomic mass is 10.0. The molecule has 0 fully saturated rings. The number of ether oxygens (including phenoxy) is 1. The summed E-state index contributed by atoms with van der Waals surface area (Å²) in [4.78, 5) is 11.5. The molecule has 1 aromatic rings. The molecule has 1 aromatic carbocycles. The Morgan fingerprint density at radius 2 is 2.29 bits per heavy atom. The van der Waals surface area contributed by atoms with Crippen molar-refractivity contribution >= 4 is 5.78 Å². The van der Waals surface area contributed by atoms with Gasteiger partial charge in [-0.2, -0.15) is 0 Å². The van der Waals surface area contributed by atoms with Gasteiger partial charge in [-0.15, -0.1) is 0 Å². The lowest BCUT2D eigenvalue weighted by Gasteiger charge is -2.16. The van der Waals surface area contributed by atoms with E-state index in [2.05, 4.69) is 6.92 Å². The monoisotopic (exact) mass is 190 g/mol. The lowest BCUT2D eigenvalue weighted by molar-refractivity contribution is 0.0933. The van der Waals surface area contributed by atoms with Crippen LogP contribution in [0.1, 0.15) is 35.7 Å². The van der Waals surface area contributed by atoms with Gasteiger partial charge in [-0.25, -0.2) is 0 Å². The van der Waals surface area contributed by atoms with Crippen LogP contribution in [0.2, 0.25) is 0 Å². The predicted octanol–water partition coefficient (Wildman–Crippen LogP) is 2.60. The largest absolute Gasteiger partial charge is 0.492 e. The average molecular weight is 190 g/mol. The highest BCUT2D eigenvalue weighted by Gasteiger charge is 2.17. The summed E-state index contributed by atoms with van der Waals surface area (Å²) in [5, 5.41) is 0.